The number of methoxy groups -OCH3 is 1. The summed E-state index contributed by atoms with van der Waals surface area (Å²) in [6.07, 6.45) is 9.27. The summed E-state index contributed by atoms with van der Waals surface area (Å²) in [5.74, 6) is 0.739. The van der Waals surface area contributed by atoms with Crippen LogP contribution in [0.3, 0.4) is 0 Å². The molecule has 0 amide bonds. The van der Waals surface area contributed by atoms with Crippen molar-refractivity contribution in [3.63, 3.8) is 0 Å². The van der Waals surface area contributed by atoms with Gasteiger partial charge in [0, 0.05) is 24.4 Å². The van der Waals surface area contributed by atoms with Crippen molar-refractivity contribution >= 4 is 0 Å². The Hall–Kier alpha value is -1.13. The topological polar surface area (TPSA) is 43.4 Å². The Morgan fingerprint density at radius 1 is 1.52 bits per heavy atom. The van der Waals surface area contributed by atoms with Gasteiger partial charge in [-0.1, -0.05) is 13.0 Å². The lowest BCUT2D eigenvalue weighted by Crippen LogP contribution is -2.23. The molecule has 1 fully saturated rings. The molecule has 4 nitrogen and oxygen atoms in total. The molecule has 0 aromatic carbocycles. The van der Waals surface area contributed by atoms with E-state index in [1.807, 2.05) is 6.07 Å². The number of hydrogen-bond acceptors (Lipinski definition) is 4. The summed E-state index contributed by atoms with van der Waals surface area (Å²) in [5, 5.41) is 3.62. The van der Waals surface area contributed by atoms with Crippen LogP contribution in [0.25, 0.3) is 0 Å². The molecule has 1 aliphatic rings. The Labute approximate surface area is 128 Å². The van der Waals surface area contributed by atoms with Gasteiger partial charge in [0.25, 0.3) is 0 Å². The van der Waals surface area contributed by atoms with Gasteiger partial charge < -0.3 is 14.8 Å². The summed E-state index contributed by atoms with van der Waals surface area (Å²) in [6, 6.07) is 4.42. The minimum Gasteiger partial charge on any atom is -0.481 e. The van der Waals surface area contributed by atoms with Gasteiger partial charge >= 0.3 is 0 Å². The van der Waals surface area contributed by atoms with E-state index in [1.165, 1.54) is 24.8 Å². The second-order valence-electron chi connectivity index (χ2n) is 5.67. The first kappa shape index (κ1) is 16.2. The monoisotopic (exact) mass is 292 g/mol. The molecule has 2 atom stereocenters. The van der Waals surface area contributed by atoms with E-state index in [0.29, 0.717) is 12.1 Å². The van der Waals surface area contributed by atoms with Gasteiger partial charge in [0.05, 0.1) is 13.2 Å². The third-order valence-electron chi connectivity index (χ3n) is 4.05. The molecule has 0 aliphatic carbocycles. The highest BCUT2D eigenvalue weighted by Gasteiger charge is 2.19. The van der Waals surface area contributed by atoms with E-state index in [9.17, 15) is 0 Å². The van der Waals surface area contributed by atoms with E-state index < -0.39 is 0 Å². The number of rotatable bonds is 9. The average Bonchev–Trinajstić information content (AvgIpc) is 3.04. The number of hydrogen-bond donors (Lipinski definition) is 1. The van der Waals surface area contributed by atoms with Crippen LogP contribution in [0.15, 0.2) is 18.3 Å². The van der Waals surface area contributed by atoms with Crippen LogP contribution in [0.4, 0.5) is 0 Å². The lowest BCUT2D eigenvalue weighted by molar-refractivity contribution is 0.101. The number of aromatic nitrogens is 1. The largest absolute Gasteiger partial charge is 0.481 e. The maximum absolute atomic E-state index is 5.71. The highest BCUT2D eigenvalue weighted by molar-refractivity contribution is 5.28. The first-order valence-electron chi connectivity index (χ1n) is 8.19. The van der Waals surface area contributed by atoms with Crippen molar-refractivity contribution in [2.45, 2.75) is 57.6 Å². The van der Waals surface area contributed by atoms with Crippen LogP contribution >= 0.6 is 0 Å². The minimum atomic E-state index is 0.315. The molecule has 1 aromatic rings. The van der Waals surface area contributed by atoms with Gasteiger partial charge in [-0.2, -0.15) is 0 Å². The highest BCUT2D eigenvalue weighted by Crippen LogP contribution is 2.28. The minimum absolute atomic E-state index is 0.315. The summed E-state index contributed by atoms with van der Waals surface area (Å²) in [4.78, 5) is 4.32. The van der Waals surface area contributed by atoms with Crippen LogP contribution in [0.5, 0.6) is 5.88 Å². The van der Waals surface area contributed by atoms with Crippen LogP contribution in [0, 0.1) is 0 Å². The third-order valence-corrected chi connectivity index (χ3v) is 4.05. The summed E-state index contributed by atoms with van der Waals surface area (Å²) in [7, 11) is 1.69. The standard InChI is InChI=1S/C17H28N2O2/c1-3-11-18-16(10-4-7-14-8-6-13-21-14)15-9-5-12-19-17(15)20-2/h5,9,12,14,16,18H,3-4,6-8,10-11,13H2,1-2H3. The Kier molecular flexibility index (Phi) is 6.96. The molecule has 1 aromatic heterocycles. The van der Waals surface area contributed by atoms with Crippen LogP contribution in [0.2, 0.25) is 0 Å². The van der Waals surface area contributed by atoms with Crippen molar-refractivity contribution in [1.29, 1.82) is 0 Å². The van der Waals surface area contributed by atoms with Gasteiger partial charge in [-0.15, -0.1) is 0 Å². The zero-order valence-corrected chi connectivity index (χ0v) is 13.3. The molecule has 118 valence electrons. The lowest BCUT2D eigenvalue weighted by Gasteiger charge is -2.21. The van der Waals surface area contributed by atoms with Crippen molar-refractivity contribution in [1.82, 2.24) is 10.3 Å². The van der Waals surface area contributed by atoms with Crippen LogP contribution in [-0.2, 0) is 4.74 Å². The van der Waals surface area contributed by atoms with Gasteiger partial charge in [0.15, 0.2) is 0 Å². The van der Waals surface area contributed by atoms with E-state index in [1.54, 1.807) is 13.3 Å². The molecule has 1 saturated heterocycles. The Morgan fingerprint density at radius 2 is 2.43 bits per heavy atom. The first-order chi connectivity index (χ1) is 10.3. The molecular weight excluding hydrogens is 264 g/mol. The molecule has 0 radical (unpaired) electrons. The summed E-state index contributed by atoms with van der Waals surface area (Å²) >= 11 is 0. The number of pyridine rings is 1. The van der Waals surface area contributed by atoms with Crippen molar-refractivity contribution in [3.8, 4) is 5.88 Å². The van der Waals surface area contributed by atoms with E-state index in [2.05, 4.69) is 23.3 Å². The Morgan fingerprint density at radius 3 is 3.14 bits per heavy atom. The maximum Gasteiger partial charge on any atom is 0.217 e. The Bertz CT molecular complexity index is 406. The molecular formula is C17H28N2O2. The molecule has 21 heavy (non-hydrogen) atoms. The Balaban J connectivity index is 1.92. The predicted molar refractivity (Wildman–Crippen MR) is 84.6 cm³/mol. The van der Waals surface area contributed by atoms with Gasteiger partial charge in [-0.05, 0) is 51.1 Å². The van der Waals surface area contributed by atoms with E-state index >= 15 is 0 Å². The second-order valence-corrected chi connectivity index (χ2v) is 5.67. The van der Waals surface area contributed by atoms with E-state index in [0.717, 1.165) is 38.3 Å². The van der Waals surface area contributed by atoms with Crippen molar-refractivity contribution in [3.05, 3.63) is 23.9 Å². The fraction of sp³-hybridized carbons (Fsp3) is 0.706. The van der Waals surface area contributed by atoms with Crippen LogP contribution in [-0.4, -0.2) is 31.3 Å². The summed E-state index contributed by atoms with van der Waals surface area (Å²) in [5.41, 5.74) is 1.17. The van der Waals surface area contributed by atoms with Crippen molar-refractivity contribution in [2.24, 2.45) is 0 Å². The summed E-state index contributed by atoms with van der Waals surface area (Å²) < 4.78 is 11.1. The molecule has 2 unspecified atom stereocenters. The molecule has 1 aliphatic heterocycles. The van der Waals surface area contributed by atoms with Gasteiger partial charge in [0.2, 0.25) is 5.88 Å². The predicted octanol–water partition coefficient (Wildman–Crippen LogP) is 3.48. The fourth-order valence-corrected chi connectivity index (χ4v) is 2.95. The van der Waals surface area contributed by atoms with Gasteiger partial charge in [-0.25, -0.2) is 4.98 Å². The molecule has 0 spiro atoms. The molecule has 0 bridgehead atoms. The first-order valence-corrected chi connectivity index (χ1v) is 8.19. The van der Waals surface area contributed by atoms with Gasteiger partial charge in [-0.3, -0.25) is 0 Å². The maximum atomic E-state index is 5.71. The smallest absolute Gasteiger partial charge is 0.217 e. The quantitative estimate of drug-likeness (QED) is 0.756. The number of nitrogens with zero attached hydrogens (tertiary/aromatic N) is 1. The molecule has 0 saturated carbocycles. The normalized spacial score (nSPS) is 19.6. The molecule has 1 N–H and O–H groups in total. The van der Waals surface area contributed by atoms with Crippen molar-refractivity contribution < 1.29 is 9.47 Å². The fourth-order valence-electron chi connectivity index (χ4n) is 2.95. The van der Waals surface area contributed by atoms with E-state index in [-0.39, 0.29) is 0 Å². The molecule has 4 heteroatoms. The molecule has 2 rings (SSSR count). The zero-order chi connectivity index (χ0) is 14.9. The van der Waals surface area contributed by atoms with Gasteiger partial charge in [0.1, 0.15) is 0 Å². The lowest BCUT2D eigenvalue weighted by atomic mass is 9.99. The number of ether oxygens (including phenoxy) is 2. The summed E-state index contributed by atoms with van der Waals surface area (Å²) in [6.45, 7) is 4.15. The molecule has 2 heterocycles. The van der Waals surface area contributed by atoms with Crippen LogP contribution < -0.4 is 10.1 Å². The second kappa shape index (κ2) is 9.00. The number of nitrogens with one attached hydrogen (secondary N) is 1. The SMILES string of the molecule is CCCNC(CCCC1CCCO1)c1cccnc1OC. The average molecular weight is 292 g/mol. The highest BCUT2D eigenvalue weighted by atomic mass is 16.5. The zero-order valence-electron chi connectivity index (χ0n) is 13.3. The van der Waals surface area contributed by atoms with Crippen molar-refractivity contribution in [2.75, 3.05) is 20.3 Å². The third kappa shape index (κ3) is 4.97. The van der Waals surface area contributed by atoms with E-state index in [4.69, 9.17) is 9.47 Å². The van der Waals surface area contributed by atoms with Crippen LogP contribution in [0.1, 0.15) is 57.1 Å².